The molecule has 0 spiro atoms. The van der Waals surface area contributed by atoms with Gasteiger partial charge in [-0.2, -0.15) is 0 Å². The van der Waals surface area contributed by atoms with Crippen LogP contribution in [-0.4, -0.2) is 9.97 Å². The van der Waals surface area contributed by atoms with Crippen LogP contribution in [0.2, 0.25) is 0 Å². The highest BCUT2D eigenvalue weighted by Crippen LogP contribution is 2.36. The van der Waals surface area contributed by atoms with Crippen LogP contribution in [0, 0.1) is 0 Å². The standard InChI is InChI=1S/C26H22N2O/c1-26(2,3)23-13-19(12-17-6-4-5-7-20(17)23)24-14-18(8-11-28-24)22-16-29-25-15-27-10-9-21(22)25/h4-16H,1-3H3. The Kier molecular flexibility index (Phi) is 3.99. The van der Waals surface area contributed by atoms with Crippen molar-refractivity contribution >= 4 is 21.7 Å². The van der Waals surface area contributed by atoms with Gasteiger partial charge in [-0.15, -0.1) is 0 Å². The van der Waals surface area contributed by atoms with Crippen molar-refractivity contribution in [3.63, 3.8) is 0 Å². The molecular formula is C26H22N2O. The Balaban J connectivity index is 1.69. The van der Waals surface area contributed by atoms with Crippen LogP contribution in [0.15, 0.2) is 83.9 Å². The molecule has 0 radical (unpaired) electrons. The molecule has 0 aliphatic heterocycles. The van der Waals surface area contributed by atoms with E-state index in [2.05, 4.69) is 73.2 Å². The zero-order valence-corrected chi connectivity index (χ0v) is 16.8. The zero-order chi connectivity index (χ0) is 20.0. The van der Waals surface area contributed by atoms with E-state index in [1.807, 2.05) is 18.3 Å². The van der Waals surface area contributed by atoms with Crippen molar-refractivity contribution in [2.45, 2.75) is 26.2 Å². The molecule has 5 rings (SSSR count). The van der Waals surface area contributed by atoms with Gasteiger partial charge in [0.1, 0.15) is 0 Å². The van der Waals surface area contributed by atoms with Gasteiger partial charge in [0.2, 0.25) is 0 Å². The molecule has 29 heavy (non-hydrogen) atoms. The molecule has 0 unspecified atom stereocenters. The summed E-state index contributed by atoms with van der Waals surface area (Å²) in [5.41, 5.74) is 6.40. The van der Waals surface area contributed by atoms with E-state index in [1.165, 1.54) is 16.3 Å². The minimum atomic E-state index is 0.0426. The lowest BCUT2D eigenvalue weighted by molar-refractivity contribution is 0.596. The van der Waals surface area contributed by atoms with E-state index < -0.39 is 0 Å². The Morgan fingerprint density at radius 3 is 2.55 bits per heavy atom. The summed E-state index contributed by atoms with van der Waals surface area (Å²) in [7, 11) is 0. The Morgan fingerprint density at radius 2 is 1.69 bits per heavy atom. The fourth-order valence-corrected chi connectivity index (χ4v) is 3.94. The summed E-state index contributed by atoms with van der Waals surface area (Å²) in [4.78, 5) is 8.83. The first kappa shape index (κ1) is 17.6. The van der Waals surface area contributed by atoms with Gasteiger partial charge in [0, 0.05) is 28.9 Å². The van der Waals surface area contributed by atoms with Crippen molar-refractivity contribution < 1.29 is 4.42 Å². The van der Waals surface area contributed by atoms with E-state index in [4.69, 9.17) is 4.42 Å². The number of fused-ring (bicyclic) bond motifs is 2. The zero-order valence-electron chi connectivity index (χ0n) is 16.8. The molecule has 0 atom stereocenters. The summed E-state index contributed by atoms with van der Waals surface area (Å²) in [6.07, 6.45) is 7.21. The van der Waals surface area contributed by atoms with Gasteiger partial charge in [0.15, 0.2) is 5.58 Å². The summed E-state index contributed by atoms with van der Waals surface area (Å²) >= 11 is 0. The first-order valence-electron chi connectivity index (χ1n) is 9.82. The fraction of sp³-hybridized carbons (Fsp3) is 0.154. The molecule has 0 fully saturated rings. The highest BCUT2D eigenvalue weighted by molar-refractivity contribution is 5.95. The van der Waals surface area contributed by atoms with Gasteiger partial charge >= 0.3 is 0 Å². The maximum atomic E-state index is 5.69. The fourth-order valence-electron chi connectivity index (χ4n) is 3.94. The lowest BCUT2D eigenvalue weighted by Crippen LogP contribution is -2.12. The number of rotatable bonds is 2. The van der Waals surface area contributed by atoms with E-state index in [1.54, 1.807) is 18.7 Å². The average molecular weight is 378 g/mol. The van der Waals surface area contributed by atoms with E-state index >= 15 is 0 Å². The Hall–Kier alpha value is -3.46. The van der Waals surface area contributed by atoms with Gasteiger partial charge < -0.3 is 4.42 Å². The van der Waals surface area contributed by atoms with Crippen LogP contribution in [0.3, 0.4) is 0 Å². The predicted molar refractivity (Wildman–Crippen MR) is 119 cm³/mol. The molecule has 0 amide bonds. The lowest BCUT2D eigenvalue weighted by atomic mass is 9.82. The molecule has 0 N–H and O–H groups in total. The number of hydrogen-bond acceptors (Lipinski definition) is 3. The van der Waals surface area contributed by atoms with Crippen molar-refractivity contribution in [1.82, 2.24) is 9.97 Å². The van der Waals surface area contributed by atoms with Crippen molar-refractivity contribution in [2.75, 3.05) is 0 Å². The maximum Gasteiger partial charge on any atom is 0.152 e. The third-order valence-corrected chi connectivity index (χ3v) is 5.41. The second-order valence-corrected chi connectivity index (χ2v) is 8.45. The molecule has 0 aliphatic rings. The molecule has 142 valence electrons. The molecule has 3 nitrogen and oxygen atoms in total. The second kappa shape index (κ2) is 6.56. The quantitative estimate of drug-likeness (QED) is 0.332. The van der Waals surface area contributed by atoms with Crippen molar-refractivity contribution in [3.05, 3.63) is 85.0 Å². The van der Waals surface area contributed by atoms with Crippen LogP contribution in [-0.2, 0) is 5.41 Å². The van der Waals surface area contributed by atoms with Crippen molar-refractivity contribution in [3.8, 4) is 22.4 Å². The Bertz CT molecular complexity index is 1340. The average Bonchev–Trinajstić information content (AvgIpc) is 3.16. The first-order valence-corrected chi connectivity index (χ1v) is 9.82. The summed E-state index contributed by atoms with van der Waals surface area (Å²) in [5, 5.41) is 3.60. The molecule has 5 aromatic rings. The van der Waals surface area contributed by atoms with Crippen LogP contribution in [0.4, 0.5) is 0 Å². The maximum absolute atomic E-state index is 5.69. The van der Waals surface area contributed by atoms with Gasteiger partial charge in [0.05, 0.1) is 18.2 Å². The van der Waals surface area contributed by atoms with E-state index in [0.29, 0.717) is 0 Å². The van der Waals surface area contributed by atoms with Gasteiger partial charge in [-0.25, -0.2) is 0 Å². The van der Waals surface area contributed by atoms with E-state index in [-0.39, 0.29) is 5.41 Å². The predicted octanol–water partition coefficient (Wildman–Crippen LogP) is 7.01. The molecule has 2 aromatic carbocycles. The number of furan rings is 1. The van der Waals surface area contributed by atoms with Crippen molar-refractivity contribution in [2.24, 2.45) is 0 Å². The molecule has 3 heteroatoms. The van der Waals surface area contributed by atoms with Gasteiger partial charge in [-0.1, -0.05) is 45.0 Å². The van der Waals surface area contributed by atoms with Crippen LogP contribution < -0.4 is 0 Å². The molecule has 0 bridgehead atoms. The Morgan fingerprint density at radius 1 is 0.828 bits per heavy atom. The minimum Gasteiger partial charge on any atom is -0.462 e. The number of pyridine rings is 2. The smallest absolute Gasteiger partial charge is 0.152 e. The molecule has 3 heterocycles. The summed E-state index contributed by atoms with van der Waals surface area (Å²) in [6, 6.07) is 19.2. The van der Waals surface area contributed by atoms with Crippen LogP contribution in [0.25, 0.3) is 44.1 Å². The first-order chi connectivity index (χ1) is 14.0. The summed E-state index contributed by atoms with van der Waals surface area (Å²) in [5.74, 6) is 0. The number of hydrogen-bond donors (Lipinski definition) is 0. The Labute approximate surface area is 170 Å². The van der Waals surface area contributed by atoms with E-state index in [0.717, 1.165) is 33.4 Å². The van der Waals surface area contributed by atoms with E-state index in [9.17, 15) is 0 Å². The monoisotopic (exact) mass is 378 g/mol. The molecule has 0 aliphatic carbocycles. The van der Waals surface area contributed by atoms with Gasteiger partial charge in [-0.3, -0.25) is 9.97 Å². The SMILES string of the molecule is CC(C)(C)c1cc(-c2cc(-c3coc4cnccc34)ccn2)cc2ccccc12. The molecular weight excluding hydrogens is 356 g/mol. The van der Waals surface area contributed by atoms with Gasteiger partial charge in [0.25, 0.3) is 0 Å². The molecule has 0 saturated heterocycles. The number of nitrogens with zero attached hydrogens (tertiary/aromatic N) is 2. The van der Waals surface area contributed by atoms with Crippen LogP contribution in [0.1, 0.15) is 26.3 Å². The van der Waals surface area contributed by atoms with Crippen molar-refractivity contribution in [1.29, 1.82) is 0 Å². The minimum absolute atomic E-state index is 0.0426. The third-order valence-electron chi connectivity index (χ3n) is 5.41. The highest BCUT2D eigenvalue weighted by atomic mass is 16.3. The normalized spacial score (nSPS) is 12.0. The van der Waals surface area contributed by atoms with Crippen LogP contribution >= 0.6 is 0 Å². The number of benzene rings is 2. The highest BCUT2D eigenvalue weighted by Gasteiger charge is 2.19. The third kappa shape index (κ3) is 3.09. The van der Waals surface area contributed by atoms with Crippen LogP contribution in [0.5, 0.6) is 0 Å². The second-order valence-electron chi connectivity index (χ2n) is 8.45. The largest absolute Gasteiger partial charge is 0.462 e. The molecule has 0 saturated carbocycles. The topological polar surface area (TPSA) is 38.9 Å². The van der Waals surface area contributed by atoms with Gasteiger partial charge in [-0.05, 0) is 57.6 Å². The summed E-state index contributed by atoms with van der Waals surface area (Å²) in [6.45, 7) is 6.77. The number of aromatic nitrogens is 2. The molecule has 3 aromatic heterocycles. The summed E-state index contributed by atoms with van der Waals surface area (Å²) < 4.78 is 5.69. The lowest BCUT2D eigenvalue weighted by Gasteiger charge is -2.22.